The Hall–Kier alpha value is -1.22. The van der Waals surface area contributed by atoms with Crippen LogP contribution in [0.2, 0.25) is 5.02 Å². The summed E-state index contributed by atoms with van der Waals surface area (Å²) in [6.07, 6.45) is 0.994. The summed E-state index contributed by atoms with van der Waals surface area (Å²) in [6, 6.07) is 16.1. The first-order chi connectivity index (χ1) is 9.29. The molecule has 0 aliphatic carbocycles. The second-order valence-electron chi connectivity index (χ2n) is 4.37. The number of ether oxygens (including phenoxy) is 1. The molecule has 0 saturated carbocycles. The molecule has 0 radical (unpaired) electrons. The molecule has 0 aliphatic heterocycles. The molecule has 0 atom stereocenters. The fourth-order valence-corrected chi connectivity index (χ4v) is 2.09. The smallest absolute Gasteiger partial charge is 0.118 e. The van der Waals surface area contributed by atoms with Crippen LogP contribution in [0, 0.1) is 0 Å². The molecule has 20 heavy (non-hydrogen) atoms. The zero-order valence-electron chi connectivity index (χ0n) is 11.4. The lowest BCUT2D eigenvalue weighted by Gasteiger charge is -2.07. The number of methoxy groups -OCH3 is 1. The normalized spacial score (nSPS) is 9.90. The van der Waals surface area contributed by atoms with Crippen molar-refractivity contribution in [3.8, 4) is 5.75 Å². The van der Waals surface area contributed by atoms with E-state index < -0.39 is 0 Å². The average Bonchev–Trinajstić information content (AvgIpc) is 2.46. The summed E-state index contributed by atoms with van der Waals surface area (Å²) in [4.78, 5) is 0. The third-order valence-electron chi connectivity index (χ3n) is 3.02. The summed E-state index contributed by atoms with van der Waals surface area (Å²) in [6.45, 7) is 1.73. The molecule has 2 rings (SSSR count). The molecular weight excluding hydrogens is 293 g/mol. The SMILES string of the molecule is COc1ccc(CCNCc2ccccc2Cl)cc1.Cl. The lowest BCUT2D eigenvalue weighted by molar-refractivity contribution is 0.414. The van der Waals surface area contributed by atoms with Gasteiger partial charge in [0.05, 0.1) is 7.11 Å². The Morgan fingerprint density at radius 3 is 2.40 bits per heavy atom. The summed E-state index contributed by atoms with van der Waals surface area (Å²) in [5.41, 5.74) is 2.44. The van der Waals surface area contributed by atoms with Crippen LogP contribution in [0.1, 0.15) is 11.1 Å². The molecule has 0 spiro atoms. The molecule has 108 valence electrons. The lowest BCUT2D eigenvalue weighted by atomic mass is 10.1. The molecule has 0 bridgehead atoms. The van der Waals surface area contributed by atoms with Crippen LogP contribution in [0.5, 0.6) is 5.75 Å². The van der Waals surface area contributed by atoms with Crippen LogP contribution in [0.25, 0.3) is 0 Å². The van der Waals surface area contributed by atoms with Gasteiger partial charge in [0.25, 0.3) is 0 Å². The van der Waals surface area contributed by atoms with E-state index in [1.165, 1.54) is 5.56 Å². The summed E-state index contributed by atoms with van der Waals surface area (Å²) in [5.74, 6) is 0.896. The molecule has 0 fully saturated rings. The fourth-order valence-electron chi connectivity index (χ4n) is 1.89. The van der Waals surface area contributed by atoms with Crippen molar-refractivity contribution in [3.05, 3.63) is 64.7 Å². The Balaban J connectivity index is 0.00000200. The molecule has 2 aromatic rings. The van der Waals surface area contributed by atoms with Crippen LogP contribution >= 0.6 is 24.0 Å². The highest BCUT2D eigenvalue weighted by molar-refractivity contribution is 6.31. The number of nitrogens with one attached hydrogen (secondary N) is 1. The van der Waals surface area contributed by atoms with Gasteiger partial charge >= 0.3 is 0 Å². The molecule has 0 amide bonds. The Bertz CT molecular complexity index is 514. The van der Waals surface area contributed by atoms with Crippen molar-refractivity contribution in [1.29, 1.82) is 0 Å². The number of benzene rings is 2. The molecule has 0 aliphatic rings. The largest absolute Gasteiger partial charge is 0.497 e. The predicted octanol–water partition coefficient (Wildman–Crippen LogP) is 4.10. The van der Waals surface area contributed by atoms with Gasteiger partial charge in [-0.25, -0.2) is 0 Å². The summed E-state index contributed by atoms with van der Waals surface area (Å²) < 4.78 is 5.14. The first kappa shape index (κ1) is 16.8. The van der Waals surface area contributed by atoms with Gasteiger partial charge in [-0.2, -0.15) is 0 Å². The van der Waals surface area contributed by atoms with Crippen LogP contribution in [-0.2, 0) is 13.0 Å². The quantitative estimate of drug-likeness (QED) is 0.811. The van der Waals surface area contributed by atoms with E-state index >= 15 is 0 Å². The Morgan fingerprint density at radius 2 is 1.75 bits per heavy atom. The fraction of sp³-hybridized carbons (Fsp3) is 0.250. The molecule has 0 saturated heterocycles. The molecule has 4 heteroatoms. The van der Waals surface area contributed by atoms with Crippen LogP contribution in [-0.4, -0.2) is 13.7 Å². The van der Waals surface area contributed by atoms with E-state index in [-0.39, 0.29) is 12.4 Å². The summed E-state index contributed by atoms with van der Waals surface area (Å²) in [7, 11) is 1.68. The minimum atomic E-state index is 0. The van der Waals surface area contributed by atoms with Crippen LogP contribution in [0.3, 0.4) is 0 Å². The molecule has 0 heterocycles. The number of halogens is 2. The van der Waals surface area contributed by atoms with Gasteiger partial charge < -0.3 is 10.1 Å². The lowest BCUT2D eigenvalue weighted by Crippen LogP contribution is -2.16. The van der Waals surface area contributed by atoms with E-state index in [1.54, 1.807) is 7.11 Å². The van der Waals surface area contributed by atoms with Crippen molar-refractivity contribution in [3.63, 3.8) is 0 Å². The van der Waals surface area contributed by atoms with E-state index in [4.69, 9.17) is 16.3 Å². The topological polar surface area (TPSA) is 21.3 Å². The third kappa shape index (κ3) is 5.04. The van der Waals surface area contributed by atoms with Crippen LogP contribution in [0.15, 0.2) is 48.5 Å². The maximum absolute atomic E-state index is 6.10. The monoisotopic (exact) mass is 311 g/mol. The first-order valence-corrected chi connectivity index (χ1v) is 6.74. The second kappa shape index (κ2) is 8.85. The highest BCUT2D eigenvalue weighted by Crippen LogP contribution is 2.14. The molecule has 1 N–H and O–H groups in total. The molecule has 2 nitrogen and oxygen atoms in total. The molecule has 0 aromatic heterocycles. The van der Waals surface area contributed by atoms with Crippen molar-refractivity contribution in [2.24, 2.45) is 0 Å². The van der Waals surface area contributed by atoms with Crippen molar-refractivity contribution < 1.29 is 4.74 Å². The average molecular weight is 312 g/mol. The van der Waals surface area contributed by atoms with Gasteiger partial charge in [0, 0.05) is 11.6 Å². The predicted molar refractivity (Wildman–Crippen MR) is 87.1 cm³/mol. The van der Waals surface area contributed by atoms with Crippen molar-refractivity contribution in [1.82, 2.24) is 5.32 Å². The number of hydrogen-bond donors (Lipinski definition) is 1. The van der Waals surface area contributed by atoms with Gasteiger partial charge in [-0.3, -0.25) is 0 Å². The minimum absolute atomic E-state index is 0. The standard InChI is InChI=1S/C16H18ClNO.ClH/c1-19-15-8-6-13(7-9-15)10-11-18-12-14-4-2-3-5-16(14)17;/h2-9,18H,10-12H2,1H3;1H. The van der Waals surface area contributed by atoms with E-state index in [1.807, 2.05) is 36.4 Å². The van der Waals surface area contributed by atoms with Crippen LogP contribution in [0.4, 0.5) is 0 Å². The second-order valence-corrected chi connectivity index (χ2v) is 4.77. The van der Waals surface area contributed by atoms with Gasteiger partial charge in [-0.1, -0.05) is 41.9 Å². The third-order valence-corrected chi connectivity index (χ3v) is 3.39. The van der Waals surface area contributed by atoms with Crippen LogP contribution < -0.4 is 10.1 Å². The first-order valence-electron chi connectivity index (χ1n) is 6.36. The van der Waals surface area contributed by atoms with Crippen molar-refractivity contribution in [2.75, 3.05) is 13.7 Å². The number of rotatable bonds is 6. The maximum atomic E-state index is 6.10. The zero-order valence-corrected chi connectivity index (χ0v) is 13.0. The van der Waals surface area contributed by atoms with E-state index in [0.717, 1.165) is 35.8 Å². The van der Waals surface area contributed by atoms with Gasteiger partial charge in [-0.05, 0) is 42.3 Å². The highest BCUT2D eigenvalue weighted by atomic mass is 35.5. The molecule has 2 aromatic carbocycles. The Morgan fingerprint density at radius 1 is 1.05 bits per heavy atom. The highest BCUT2D eigenvalue weighted by Gasteiger charge is 1.98. The Kier molecular flexibility index (Phi) is 7.45. The zero-order chi connectivity index (χ0) is 13.5. The van der Waals surface area contributed by atoms with Crippen molar-refractivity contribution >= 4 is 24.0 Å². The van der Waals surface area contributed by atoms with E-state index in [9.17, 15) is 0 Å². The van der Waals surface area contributed by atoms with Gasteiger partial charge in [-0.15, -0.1) is 12.4 Å². The van der Waals surface area contributed by atoms with E-state index in [2.05, 4.69) is 17.4 Å². The summed E-state index contributed by atoms with van der Waals surface area (Å²) in [5, 5.41) is 4.22. The van der Waals surface area contributed by atoms with Crippen molar-refractivity contribution in [2.45, 2.75) is 13.0 Å². The Labute approximate surface area is 131 Å². The molecule has 0 unspecified atom stereocenters. The summed E-state index contributed by atoms with van der Waals surface area (Å²) >= 11 is 6.10. The van der Waals surface area contributed by atoms with E-state index in [0.29, 0.717) is 0 Å². The van der Waals surface area contributed by atoms with Gasteiger partial charge in [0.15, 0.2) is 0 Å². The van der Waals surface area contributed by atoms with Gasteiger partial charge in [0.1, 0.15) is 5.75 Å². The maximum Gasteiger partial charge on any atom is 0.118 e. The van der Waals surface area contributed by atoms with Gasteiger partial charge in [0.2, 0.25) is 0 Å². The molecular formula is C16H19Cl2NO. The number of hydrogen-bond acceptors (Lipinski definition) is 2. The minimum Gasteiger partial charge on any atom is -0.497 e.